The molecule has 0 aliphatic heterocycles. The van der Waals surface area contributed by atoms with Gasteiger partial charge in [0, 0.05) is 5.38 Å². The molecule has 0 unspecified atom stereocenters. The van der Waals surface area contributed by atoms with Gasteiger partial charge in [0.2, 0.25) is 0 Å². The Labute approximate surface area is 114 Å². The van der Waals surface area contributed by atoms with E-state index in [1.807, 2.05) is 41.0 Å². The number of fused-ring (bicyclic) bond motifs is 1. The van der Waals surface area contributed by atoms with Gasteiger partial charge in [0.25, 0.3) is 0 Å². The molecule has 0 saturated carbocycles. The number of carbonyl (C=O) groups is 1. The second kappa shape index (κ2) is 4.51. The van der Waals surface area contributed by atoms with E-state index in [-0.39, 0.29) is 6.42 Å². The zero-order valence-electron chi connectivity index (χ0n) is 10.3. The fourth-order valence-electron chi connectivity index (χ4n) is 2.07. The Morgan fingerprint density at radius 1 is 1.37 bits per heavy atom. The predicted molar refractivity (Wildman–Crippen MR) is 74.6 cm³/mol. The van der Waals surface area contributed by atoms with Crippen LogP contribution in [0.4, 0.5) is 0 Å². The van der Waals surface area contributed by atoms with Gasteiger partial charge in [0.1, 0.15) is 0 Å². The minimum absolute atomic E-state index is 0.0171. The summed E-state index contributed by atoms with van der Waals surface area (Å²) < 4.78 is 1.92. The molecule has 0 saturated heterocycles. The fraction of sp³-hybridized carbons (Fsp3) is 0.143. The first-order valence-electron chi connectivity index (χ1n) is 5.88. The first-order valence-corrected chi connectivity index (χ1v) is 6.76. The highest BCUT2D eigenvalue weighted by atomic mass is 32.1. The Bertz CT molecular complexity index is 740. The maximum Gasteiger partial charge on any atom is 0.309 e. The van der Waals surface area contributed by atoms with E-state index in [0.717, 1.165) is 16.2 Å². The summed E-state index contributed by atoms with van der Waals surface area (Å²) in [7, 11) is 0. The number of aromatic nitrogens is 2. The van der Waals surface area contributed by atoms with Crippen LogP contribution >= 0.6 is 11.3 Å². The average molecular weight is 272 g/mol. The van der Waals surface area contributed by atoms with Gasteiger partial charge in [-0.25, -0.2) is 4.98 Å². The molecule has 5 heteroatoms. The van der Waals surface area contributed by atoms with Crippen molar-refractivity contribution in [3.8, 4) is 11.3 Å². The molecule has 0 spiro atoms. The molecule has 0 atom stereocenters. The predicted octanol–water partition coefficient (Wildman–Crippen LogP) is 3.00. The minimum Gasteiger partial charge on any atom is -0.481 e. The second-order valence-electron chi connectivity index (χ2n) is 4.43. The largest absolute Gasteiger partial charge is 0.481 e. The molecule has 19 heavy (non-hydrogen) atoms. The second-order valence-corrected chi connectivity index (χ2v) is 5.26. The van der Waals surface area contributed by atoms with E-state index in [1.54, 1.807) is 6.20 Å². The van der Waals surface area contributed by atoms with Crippen molar-refractivity contribution in [1.29, 1.82) is 0 Å². The summed E-state index contributed by atoms with van der Waals surface area (Å²) in [5.74, 6) is -0.845. The van der Waals surface area contributed by atoms with Gasteiger partial charge in [-0.2, -0.15) is 0 Å². The number of aryl methyl sites for hydroxylation is 1. The van der Waals surface area contributed by atoms with Crippen LogP contribution in [-0.2, 0) is 11.2 Å². The number of rotatable bonds is 3. The lowest BCUT2D eigenvalue weighted by atomic mass is 10.1. The monoisotopic (exact) mass is 272 g/mol. The Balaban J connectivity index is 2.15. The molecule has 96 valence electrons. The molecule has 0 bridgehead atoms. The van der Waals surface area contributed by atoms with Crippen LogP contribution in [0.25, 0.3) is 16.2 Å². The summed E-state index contributed by atoms with van der Waals surface area (Å²) >= 11 is 1.52. The number of carboxylic acid groups (broad SMARTS) is 1. The van der Waals surface area contributed by atoms with Gasteiger partial charge in [-0.05, 0) is 12.5 Å². The number of imidazole rings is 1. The molecule has 2 heterocycles. The van der Waals surface area contributed by atoms with Gasteiger partial charge < -0.3 is 5.11 Å². The number of thiazole rings is 1. The molecule has 0 aliphatic rings. The van der Waals surface area contributed by atoms with Crippen LogP contribution in [0.2, 0.25) is 0 Å². The van der Waals surface area contributed by atoms with Gasteiger partial charge >= 0.3 is 5.97 Å². The first-order chi connectivity index (χ1) is 9.15. The molecular weight excluding hydrogens is 260 g/mol. The van der Waals surface area contributed by atoms with Crippen LogP contribution in [0.3, 0.4) is 0 Å². The molecule has 2 aromatic heterocycles. The van der Waals surface area contributed by atoms with Gasteiger partial charge in [0.15, 0.2) is 4.96 Å². The highest BCUT2D eigenvalue weighted by Gasteiger charge is 2.13. The average Bonchev–Trinajstić information content (AvgIpc) is 2.93. The van der Waals surface area contributed by atoms with Gasteiger partial charge in [-0.3, -0.25) is 9.20 Å². The lowest BCUT2D eigenvalue weighted by Crippen LogP contribution is -2.03. The number of carboxylic acids is 1. The lowest BCUT2D eigenvalue weighted by molar-refractivity contribution is -0.136. The topological polar surface area (TPSA) is 54.6 Å². The third kappa shape index (κ3) is 2.13. The number of aliphatic carboxylic acids is 1. The van der Waals surface area contributed by atoms with E-state index in [1.165, 1.54) is 16.9 Å². The molecule has 0 fully saturated rings. The molecule has 4 nitrogen and oxygen atoms in total. The Kier molecular flexibility index (Phi) is 2.83. The SMILES string of the molecule is Cc1ccc(-c2csc3ncc(CC(=O)O)n23)cc1. The zero-order valence-corrected chi connectivity index (χ0v) is 11.1. The van der Waals surface area contributed by atoms with E-state index in [0.29, 0.717) is 5.69 Å². The summed E-state index contributed by atoms with van der Waals surface area (Å²) in [6.45, 7) is 2.04. The first kappa shape index (κ1) is 11.9. The van der Waals surface area contributed by atoms with Crippen LogP contribution in [0.1, 0.15) is 11.3 Å². The van der Waals surface area contributed by atoms with Crippen LogP contribution in [0.15, 0.2) is 35.8 Å². The summed E-state index contributed by atoms with van der Waals surface area (Å²) in [5, 5.41) is 11.0. The van der Waals surface area contributed by atoms with E-state index < -0.39 is 5.97 Å². The van der Waals surface area contributed by atoms with Crippen molar-refractivity contribution in [2.75, 3.05) is 0 Å². The number of benzene rings is 1. The molecule has 3 rings (SSSR count). The van der Waals surface area contributed by atoms with Crippen LogP contribution < -0.4 is 0 Å². The van der Waals surface area contributed by atoms with Gasteiger partial charge in [-0.1, -0.05) is 29.8 Å². The highest BCUT2D eigenvalue weighted by Crippen LogP contribution is 2.27. The third-order valence-corrected chi connectivity index (χ3v) is 3.84. The number of hydrogen-bond donors (Lipinski definition) is 1. The smallest absolute Gasteiger partial charge is 0.309 e. The Morgan fingerprint density at radius 2 is 2.11 bits per heavy atom. The Hall–Kier alpha value is -2.14. The van der Waals surface area contributed by atoms with E-state index in [9.17, 15) is 4.79 Å². The number of hydrogen-bond acceptors (Lipinski definition) is 3. The highest BCUT2D eigenvalue weighted by molar-refractivity contribution is 7.15. The van der Waals surface area contributed by atoms with Crippen molar-refractivity contribution in [3.63, 3.8) is 0 Å². The van der Waals surface area contributed by atoms with E-state index >= 15 is 0 Å². The lowest BCUT2D eigenvalue weighted by Gasteiger charge is -2.03. The van der Waals surface area contributed by atoms with Crippen LogP contribution in [0.5, 0.6) is 0 Å². The summed E-state index contributed by atoms with van der Waals surface area (Å²) in [5.41, 5.74) is 3.97. The standard InChI is InChI=1S/C14H12N2O2S/c1-9-2-4-10(5-3-9)12-8-19-14-15-7-11(16(12)14)6-13(17)18/h2-5,7-8H,6H2,1H3,(H,17,18). The van der Waals surface area contributed by atoms with Crippen molar-refractivity contribution in [2.45, 2.75) is 13.3 Å². The summed E-state index contributed by atoms with van der Waals surface area (Å²) in [6, 6.07) is 8.18. The van der Waals surface area contributed by atoms with Crippen molar-refractivity contribution in [1.82, 2.24) is 9.38 Å². The molecule has 1 N–H and O–H groups in total. The quantitative estimate of drug-likeness (QED) is 0.797. The Morgan fingerprint density at radius 3 is 2.79 bits per heavy atom. The van der Waals surface area contributed by atoms with Gasteiger partial charge in [0.05, 0.1) is 24.0 Å². The third-order valence-electron chi connectivity index (χ3n) is 3.00. The molecule has 0 aliphatic carbocycles. The van der Waals surface area contributed by atoms with Crippen LogP contribution in [0, 0.1) is 6.92 Å². The molecular formula is C14H12N2O2S. The molecule has 0 radical (unpaired) electrons. The van der Waals surface area contributed by atoms with Crippen LogP contribution in [-0.4, -0.2) is 20.5 Å². The normalized spacial score (nSPS) is 11.0. The fourth-order valence-corrected chi connectivity index (χ4v) is 2.96. The summed E-state index contributed by atoms with van der Waals surface area (Å²) in [6.07, 6.45) is 1.62. The molecule has 0 amide bonds. The van der Waals surface area contributed by atoms with Crippen molar-refractivity contribution < 1.29 is 9.90 Å². The van der Waals surface area contributed by atoms with Gasteiger partial charge in [-0.15, -0.1) is 11.3 Å². The van der Waals surface area contributed by atoms with Crippen molar-refractivity contribution in [2.24, 2.45) is 0 Å². The zero-order chi connectivity index (χ0) is 13.4. The minimum atomic E-state index is -0.845. The molecule has 3 aromatic rings. The van der Waals surface area contributed by atoms with E-state index in [2.05, 4.69) is 4.98 Å². The van der Waals surface area contributed by atoms with Crippen molar-refractivity contribution >= 4 is 22.3 Å². The number of nitrogens with zero attached hydrogens (tertiary/aromatic N) is 2. The maximum absolute atomic E-state index is 10.9. The van der Waals surface area contributed by atoms with E-state index in [4.69, 9.17) is 5.11 Å². The van der Waals surface area contributed by atoms with Crippen molar-refractivity contribution in [3.05, 3.63) is 47.1 Å². The molecule has 1 aromatic carbocycles. The summed E-state index contributed by atoms with van der Waals surface area (Å²) in [4.78, 5) is 16.0. The maximum atomic E-state index is 10.9.